The van der Waals surface area contributed by atoms with Crippen LogP contribution in [0.5, 0.6) is 0 Å². The van der Waals surface area contributed by atoms with Gasteiger partial charge in [-0.1, -0.05) is 24.1 Å². The summed E-state index contributed by atoms with van der Waals surface area (Å²) in [7, 11) is 0. The van der Waals surface area contributed by atoms with Crippen molar-refractivity contribution in [2.24, 2.45) is 0 Å². The van der Waals surface area contributed by atoms with E-state index in [2.05, 4.69) is 34.8 Å². The first-order chi connectivity index (χ1) is 14.5. The number of carbonyl (C=O) groups is 2. The fourth-order valence-electron chi connectivity index (χ4n) is 3.87. The van der Waals surface area contributed by atoms with Crippen LogP contribution in [0, 0.1) is 13.8 Å². The molecular weight excluding hydrogens is 378 g/mol. The minimum Gasteiger partial charge on any atom is -0.343 e. The number of aromatic nitrogens is 2. The number of likely N-dealkylation sites (tertiary alicyclic amines) is 1. The lowest BCUT2D eigenvalue weighted by atomic mass is 10.1. The Morgan fingerprint density at radius 3 is 2.70 bits per heavy atom. The molecule has 1 atom stereocenters. The Balaban J connectivity index is 1.46. The molecule has 1 aromatic carbocycles. The lowest BCUT2D eigenvalue weighted by molar-refractivity contribution is -0.130. The number of benzene rings is 1. The Kier molecular flexibility index (Phi) is 7.49. The summed E-state index contributed by atoms with van der Waals surface area (Å²) in [6.07, 6.45) is 6.42. The first kappa shape index (κ1) is 21.9. The third-order valence-corrected chi connectivity index (χ3v) is 5.70. The second-order valence-corrected chi connectivity index (χ2v) is 8.10. The molecular formula is C23H33N5O2. The number of hydrogen-bond acceptors (Lipinski definition) is 3. The predicted octanol–water partition coefficient (Wildman–Crippen LogP) is 3.64. The Morgan fingerprint density at radius 2 is 1.93 bits per heavy atom. The smallest absolute Gasteiger partial charge is 0.315 e. The van der Waals surface area contributed by atoms with Crippen molar-refractivity contribution in [3.8, 4) is 5.69 Å². The van der Waals surface area contributed by atoms with Crippen molar-refractivity contribution < 1.29 is 9.59 Å². The van der Waals surface area contributed by atoms with Gasteiger partial charge in [0, 0.05) is 37.3 Å². The Bertz CT molecular complexity index is 859. The zero-order chi connectivity index (χ0) is 21.5. The summed E-state index contributed by atoms with van der Waals surface area (Å²) >= 11 is 0. The highest BCUT2D eigenvalue weighted by molar-refractivity contribution is 5.76. The van der Waals surface area contributed by atoms with Crippen LogP contribution in [0.15, 0.2) is 30.5 Å². The molecule has 0 radical (unpaired) electrons. The Morgan fingerprint density at radius 1 is 1.17 bits per heavy atom. The molecule has 0 aliphatic carbocycles. The first-order valence-corrected chi connectivity index (χ1v) is 10.9. The van der Waals surface area contributed by atoms with Crippen LogP contribution in [0.25, 0.3) is 5.69 Å². The third-order valence-electron chi connectivity index (χ3n) is 5.70. The van der Waals surface area contributed by atoms with E-state index < -0.39 is 0 Å². The van der Waals surface area contributed by atoms with Crippen molar-refractivity contribution in [2.75, 3.05) is 19.6 Å². The van der Waals surface area contributed by atoms with E-state index in [9.17, 15) is 9.59 Å². The molecule has 7 heteroatoms. The van der Waals surface area contributed by atoms with Gasteiger partial charge in [0.15, 0.2) is 0 Å². The van der Waals surface area contributed by atoms with Crippen molar-refractivity contribution in [2.45, 2.75) is 58.9 Å². The van der Waals surface area contributed by atoms with E-state index in [1.165, 1.54) is 5.56 Å². The van der Waals surface area contributed by atoms with Gasteiger partial charge in [0.05, 0.1) is 17.9 Å². The molecule has 3 rings (SSSR count). The quantitative estimate of drug-likeness (QED) is 0.683. The summed E-state index contributed by atoms with van der Waals surface area (Å²) in [5.41, 5.74) is 4.20. The van der Waals surface area contributed by atoms with E-state index in [-0.39, 0.29) is 18.0 Å². The molecule has 0 bridgehead atoms. The molecule has 1 saturated heterocycles. The molecule has 1 aliphatic rings. The lowest BCUT2D eigenvalue weighted by Gasteiger charge is -2.20. The minimum absolute atomic E-state index is 0.156. The molecule has 7 nitrogen and oxygen atoms in total. The van der Waals surface area contributed by atoms with Gasteiger partial charge in [-0.05, 0) is 52.2 Å². The number of hydrogen-bond donors (Lipinski definition) is 2. The van der Waals surface area contributed by atoms with Crippen molar-refractivity contribution >= 4 is 11.9 Å². The van der Waals surface area contributed by atoms with Gasteiger partial charge in [0.25, 0.3) is 0 Å². The lowest BCUT2D eigenvalue weighted by Crippen LogP contribution is -2.39. The van der Waals surface area contributed by atoms with E-state index in [0.717, 1.165) is 49.2 Å². The molecule has 2 N–H and O–H groups in total. The third kappa shape index (κ3) is 5.62. The predicted molar refractivity (Wildman–Crippen MR) is 118 cm³/mol. The SMILES string of the molecule is Cc1ccc(-n2ncc([C@H](C)NC(=O)NCCCN3CCCCCC3=O)c2C)cc1. The summed E-state index contributed by atoms with van der Waals surface area (Å²) in [5.74, 6) is 0.242. The van der Waals surface area contributed by atoms with Crippen LogP contribution in [-0.4, -0.2) is 46.3 Å². The summed E-state index contributed by atoms with van der Waals surface area (Å²) < 4.78 is 1.89. The monoisotopic (exact) mass is 411 g/mol. The van der Waals surface area contributed by atoms with Gasteiger partial charge in [-0.3, -0.25) is 4.79 Å². The number of amides is 3. The molecule has 0 spiro atoms. The second kappa shape index (κ2) is 10.3. The van der Waals surface area contributed by atoms with Gasteiger partial charge in [-0.15, -0.1) is 0 Å². The van der Waals surface area contributed by atoms with Gasteiger partial charge in [-0.2, -0.15) is 5.10 Å². The van der Waals surface area contributed by atoms with E-state index in [4.69, 9.17) is 0 Å². The van der Waals surface area contributed by atoms with Crippen LogP contribution >= 0.6 is 0 Å². The van der Waals surface area contributed by atoms with Gasteiger partial charge in [0.2, 0.25) is 5.91 Å². The maximum Gasteiger partial charge on any atom is 0.315 e. The van der Waals surface area contributed by atoms with Crippen molar-refractivity contribution in [3.05, 3.63) is 47.3 Å². The van der Waals surface area contributed by atoms with E-state index in [1.807, 2.05) is 41.8 Å². The number of urea groups is 1. The number of nitrogens with one attached hydrogen (secondary N) is 2. The topological polar surface area (TPSA) is 79.3 Å². The van der Waals surface area contributed by atoms with Crippen LogP contribution < -0.4 is 10.6 Å². The maximum atomic E-state index is 12.3. The molecule has 3 amide bonds. The van der Waals surface area contributed by atoms with E-state index in [1.54, 1.807) is 0 Å². The number of aryl methyl sites for hydroxylation is 1. The average Bonchev–Trinajstić information content (AvgIpc) is 2.98. The first-order valence-electron chi connectivity index (χ1n) is 10.9. The van der Waals surface area contributed by atoms with Crippen LogP contribution in [0.2, 0.25) is 0 Å². The molecule has 2 aromatic rings. The van der Waals surface area contributed by atoms with Crippen molar-refractivity contribution in [1.29, 1.82) is 0 Å². The van der Waals surface area contributed by atoms with Crippen LogP contribution in [-0.2, 0) is 4.79 Å². The van der Waals surface area contributed by atoms with Gasteiger partial charge in [-0.25, -0.2) is 9.48 Å². The zero-order valence-electron chi connectivity index (χ0n) is 18.3. The summed E-state index contributed by atoms with van der Waals surface area (Å²) in [6, 6.07) is 7.84. The molecule has 1 aliphatic heterocycles. The summed E-state index contributed by atoms with van der Waals surface area (Å²) in [4.78, 5) is 26.2. The number of nitrogens with zero attached hydrogens (tertiary/aromatic N) is 3. The van der Waals surface area contributed by atoms with Gasteiger partial charge < -0.3 is 15.5 Å². The summed E-state index contributed by atoms with van der Waals surface area (Å²) in [5, 5.41) is 10.4. The number of carbonyl (C=O) groups excluding carboxylic acids is 2. The molecule has 2 heterocycles. The maximum absolute atomic E-state index is 12.3. The summed E-state index contributed by atoms with van der Waals surface area (Å²) in [6.45, 7) is 8.12. The fraction of sp³-hybridized carbons (Fsp3) is 0.522. The van der Waals surface area contributed by atoms with Gasteiger partial charge in [0.1, 0.15) is 0 Å². The average molecular weight is 412 g/mol. The van der Waals surface area contributed by atoms with Crippen LogP contribution in [0.4, 0.5) is 4.79 Å². The Labute approximate surface area is 178 Å². The molecule has 1 fully saturated rings. The minimum atomic E-state index is -0.202. The van der Waals surface area contributed by atoms with Gasteiger partial charge >= 0.3 is 6.03 Å². The normalized spacial score (nSPS) is 15.6. The zero-order valence-corrected chi connectivity index (χ0v) is 18.3. The molecule has 30 heavy (non-hydrogen) atoms. The molecule has 0 unspecified atom stereocenters. The van der Waals surface area contributed by atoms with Crippen LogP contribution in [0.1, 0.15) is 61.9 Å². The largest absolute Gasteiger partial charge is 0.343 e. The Hall–Kier alpha value is -2.83. The van der Waals surface area contributed by atoms with E-state index >= 15 is 0 Å². The highest BCUT2D eigenvalue weighted by Crippen LogP contribution is 2.20. The highest BCUT2D eigenvalue weighted by atomic mass is 16.2. The molecule has 162 valence electrons. The standard InChI is InChI=1S/C23H33N5O2/c1-17-9-11-20(12-10-17)28-19(3)21(16-25-28)18(2)26-23(30)24-13-7-15-27-14-6-4-5-8-22(27)29/h9-12,16,18H,4-8,13-15H2,1-3H3,(H2,24,26,30)/t18-/m0/s1. The highest BCUT2D eigenvalue weighted by Gasteiger charge is 2.17. The second-order valence-electron chi connectivity index (χ2n) is 8.10. The van der Waals surface area contributed by atoms with Crippen LogP contribution in [0.3, 0.4) is 0 Å². The molecule has 0 saturated carbocycles. The van der Waals surface area contributed by atoms with E-state index in [0.29, 0.717) is 19.5 Å². The van der Waals surface area contributed by atoms with Crippen molar-refractivity contribution in [3.63, 3.8) is 0 Å². The van der Waals surface area contributed by atoms with Crippen molar-refractivity contribution in [1.82, 2.24) is 25.3 Å². The fourth-order valence-corrected chi connectivity index (χ4v) is 3.87. The molecule has 1 aromatic heterocycles. The number of rotatable bonds is 7.